The first-order valence-electron chi connectivity index (χ1n) is 10.0. The molecule has 3 rings (SSSR count). The van der Waals surface area contributed by atoms with Gasteiger partial charge in [-0.25, -0.2) is 4.99 Å². The predicted molar refractivity (Wildman–Crippen MR) is 122 cm³/mol. The third-order valence-corrected chi connectivity index (χ3v) is 5.89. The highest BCUT2D eigenvalue weighted by molar-refractivity contribution is 9.10. The number of carbonyl (C=O) groups excluding carboxylic acids is 1. The number of halogens is 1. The highest BCUT2D eigenvalue weighted by Gasteiger charge is 2.32. The largest absolute Gasteiger partial charge is 0.390 e. The van der Waals surface area contributed by atoms with Crippen molar-refractivity contribution in [3.63, 3.8) is 0 Å². The van der Waals surface area contributed by atoms with Crippen LogP contribution in [0.1, 0.15) is 40.9 Å². The standard InChI is InChI=1S/C23H28BrN3O3/c1-15(27(2)11-4-12-30-3)25-19-10-7-17-13-21(28)22(20(17)14-19)26-23(29)16-5-8-18(24)9-6-16/h5-10,14,21-22,28H,4,11-13H2,1-3H3,(H,26,29)/t21-,22-/m1/s1. The summed E-state index contributed by atoms with van der Waals surface area (Å²) in [6.45, 7) is 3.55. The van der Waals surface area contributed by atoms with Crippen molar-refractivity contribution in [3.05, 3.63) is 63.6 Å². The molecule has 6 nitrogen and oxygen atoms in total. The number of aliphatic hydroxyl groups excluding tert-OH is 1. The van der Waals surface area contributed by atoms with Gasteiger partial charge in [0.05, 0.1) is 17.8 Å². The lowest BCUT2D eigenvalue weighted by Crippen LogP contribution is -2.33. The molecule has 2 atom stereocenters. The van der Waals surface area contributed by atoms with E-state index in [2.05, 4.69) is 26.1 Å². The molecule has 1 aliphatic rings. The molecule has 0 saturated carbocycles. The minimum Gasteiger partial charge on any atom is -0.390 e. The Morgan fingerprint density at radius 1 is 1.30 bits per heavy atom. The maximum Gasteiger partial charge on any atom is 0.251 e. The van der Waals surface area contributed by atoms with Crippen LogP contribution in [-0.4, -0.2) is 55.2 Å². The summed E-state index contributed by atoms with van der Waals surface area (Å²) in [5.41, 5.74) is 3.32. The molecule has 160 valence electrons. The summed E-state index contributed by atoms with van der Waals surface area (Å²) in [5.74, 6) is 0.697. The number of carbonyl (C=O) groups is 1. The molecule has 2 aromatic carbocycles. The number of aliphatic imine (C=N–C) groups is 1. The zero-order chi connectivity index (χ0) is 21.7. The zero-order valence-electron chi connectivity index (χ0n) is 17.6. The van der Waals surface area contributed by atoms with Gasteiger partial charge in [0.1, 0.15) is 5.84 Å². The molecular weight excluding hydrogens is 446 g/mol. The lowest BCUT2D eigenvalue weighted by molar-refractivity contribution is 0.0858. The van der Waals surface area contributed by atoms with Crippen molar-refractivity contribution in [3.8, 4) is 0 Å². The minimum atomic E-state index is -0.656. The fraction of sp³-hybridized carbons (Fsp3) is 0.391. The number of nitrogens with zero attached hydrogens (tertiary/aromatic N) is 2. The quantitative estimate of drug-likeness (QED) is 0.363. The first kappa shape index (κ1) is 22.5. The summed E-state index contributed by atoms with van der Waals surface area (Å²) in [6, 6.07) is 12.6. The minimum absolute atomic E-state index is 0.206. The van der Waals surface area contributed by atoms with Crippen molar-refractivity contribution in [1.29, 1.82) is 0 Å². The molecule has 0 bridgehead atoms. The fourth-order valence-corrected chi connectivity index (χ4v) is 3.82. The lowest BCUT2D eigenvalue weighted by Gasteiger charge is -2.19. The zero-order valence-corrected chi connectivity index (χ0v) is 19.1. The Hall–Kier alpha value is -2.22. The number of hydrogen-bond donors (Lipinski definition) is 2. The van der Waals surface area contributed by atoms with Gasteiger partial charge >= 0.3 is 0 Å². The summed E-state index contributed by atoms with van der Waals surface area (Å²) < 4.78 is 6.02. The van der Waals surface area contributed by atoms with Crippen molar-refractivity contribution >= 4 is 33.4 Å². The molecule has 0 radical (unpaired) electrons. The molecule has 0 spiro atoms. The van der Waals surface area contributed by atoms with Gasteiger partial charge in [-0.05, 0) is 60.9 Å². The van der Waals surface area contributed by atoms with Crippen LogP contribution in [0.3, 0.4) is 0 Å². The van der Waals surface area contributed by atoms with Gasteiger partial charge in [-0.3, -0.25) is 4.79 Å². The van der Waals surface area contributed by atoms with Crippen LogP contribution in [0, 0.1) is 0 Å². The normalized spacial score (nSPS) is 18.2. The number of hydrogen-bond acceptors (Lipinski definition) is 4. The number of amides is 1. The monoisotopic (exact) mass is 473 g/mol. The maximum atomic E-state index is 12.7. The van der Waals surface area contributed by atoms with E-state index >= 15 is 0 Å². The number of rotatable bonds is 7. The van der Waals surface area contributed by atoms with Crippen LogP contribution in [0.15, 0.2) is 51.9 Å². The van der Waals surface area contributed by atoms with E-state index < -0.39 is 12.1 Å². The number of aliphatic hydroxyl groups is 1. The van der Waals surface area contributed by atoms with Gasteiger partial charge in [-0.1, -0.05) is 22.0 Å². The second-order valence-corrected chi connectivity index (χ2v) is 8.46. The van der Waals surface area contributed by atoms with E-state index in [0.717, 1.165) is 40.1 Å². The van der Waals surface area contributed by atoms with E-state index in [1.807, 2.05) is 44.3 Å². The molecule has 30 heavy (non-hydrogen) atoms. The van der Waals surface area contributed by atoms with E-state index in [4.69, 9.17) is 9.73 Å². The Morgan fingerprint density at radius 2 is 2.03 bits per heavy atom. The average Bonchev–Trinajstić information content (AvgIpc) is 3.03. The van der Waals surface area contributed by atoms with Gasteiger partial charge < -0.3 is 20.1 Å². The molecular formula is C23H28BrN3O3. The number of benzene rings is 2. The topological polar surface area (TPSA) is 74.2 Å². The molecule has 0 aromatic heterocycles. The van der Waals surface area contributed by atoms with Gasteiger partial charge in [-0.15, -0.1) is 0 Å². The lowest BCUT2D eigenvalue weighted by atomic mass is 10.1. The van der Waals surface area contributed by atoms with Crippen LogP contribution in [0.4, 0.5) is 5.69 Å². The van der Waals surface area contributed by atoms with Crippen LogP contribution in [0.2, 0.25) is 0 Å². The number of nitrogens with one attached hydrogen (secondary N) is 1. The third-order valence-electron chi connectivity index (χ3n) is 5.36. The Kier molecular flexibility index (Phi) is 7.64. The molecule has 2 N–H and O–H groups in total. The number of amidine groups is 1. The van der Waals surface area contributed by atoms with Gasteiger partial charge in [0.15, 0.2) is 0 Å². The molecule has 1 amide bonds. The SMILES string of the molecule is COCCCN(C)C(C)=Nc1ccc2c(c1)[C@@H](NC(=O)c1ccc(Br)cc1)[C@H](O)C2. The van der Waals surface area contributed by atoms with Gasteiger partial charge in [0, 0.05) is 43.8 Å². The molecule has 0 saturated heterocycles. The van der Waals surface area contributed by atoms with Crippen LogP contribution >= 0.6 is 15.9 Å². The molecule has 0 aliphatic heterocycles. The first-order chi connectivity index (χ1) is 14.4. The summed E-state index contributed by atoms with van der Waals surface area (Å²) >= 11 is 3.37. The van der Waals surface area contributed by atoms with Crippen molar-refractivity contribution in [1.82, 2.24) is 10.2 Å². The van der Waals surface area contributed by atoms with E-state index in [9.17, 15) is 9.90 Å². The van der Waals surface area contributed by atoms with Crippen molar-refractivity contribution in [2.24, 2.45) is 4.99 Å². The van der Waals surface area contributed by atoms with Crippen LogP contribution in [-0.2, 0) is 11.2 Å². The molecule has 0 unspecified atom stereocenters. The second kappa shape index (κ2) is 10.2. The van der Waals surface area contributed by atoms with Crippen LogP contribution < -0.4 is 5.32 Å². The average molecular weight is 474 g/mol. The molecule has 0 fully saturated rings. The molecule has 7 heteroatoms. The van der Waals surface area contributed by atoms with Crippen molar-refractivity contribution < 1.29 is 14.6 Å². The van der Waals surface area contributed by atoms with Gasteiger partial charge in [0.2, 0.25) is 0 Å². The Labute approximate surface area is 186 Å². The van der Waals surface area contributed by atoms with E-state index in [0.29, 0.717) is 18.6 Å². The predicted octanol–water partition coefficient (Wildman–Crippen LogP) is 3.86. The highest BCUT2D eigenvalue weighted by Crippen LogP contribution is 2.34. The first-order valence-corrected chi connectivity index (χ1v) is 10.8. The van der Waals surface area contributed by atoms with E-state index in [1.54, 1.807) is 19.2 Å². The fourth-order valence-electron chi connectivity index (χ4n) is 3.56. The van der Waals surface area contributed by atoms with Crippen molar-refractivity contribution in [2.45, 2.75) is 31.9 Å². The Morgan fingerprint density at radius 3 is 2.73 bits per heavy atom. The summed E-state index contributed by atoms with van der Waals surface area (Å²) in [6.07, 6.45) is 0.789. The molecule has 0 heterocycles. The van der Waals surface area contributed by atoms with Crippen LogP contribution in [0.25, 0.3) is 0 Å². The van der Waals surface area contributed by atoms with E-state index in [1.165, 1.54) is 0 Å². The number of ether oxygens (including phenoxy) is 1. The molecule has 1 aliphatic carbocycles. The smallest absolute Gasteiger partial charge is 0.251 e. The summed E-state index contributed by atoms with van der Waals surface area (Å²) in [7, 11) is 3.71. The van der Waals surface area contributed by atoms with E-state index in [-0.39, 0.29) is 5.91 Å². The summed E-state index contributed by atoms with van der Waals surface area (Å²) in [4.78, 5) is 19.5. The van der Waals surface area contributed by atoms with Gasteiger partial charge in [0.25, 0.3) is 5.91 Å². The Bertz CT molecular complexity index is 914. The molecule has 2 aromatic rings. The summed E-state index contributed by atoms with van der Waals surface area (Å²) in [5, 5.41) is 13.5. The highest BCUT2D eigenvalue weighted by atomic mass is 79.9. The third kappa shape index (κ3) is 5.47. The van der Waals surface area contributed by atoms with Gasteiger partial charge in [-0.2, -0.15) is 0 Å². The number of fused-ring (bicyclic) bond motifs is 1. The maximum absolute atomic E-state index is 12.7. The number of methoxy groups -OCH3 is 1. The van der Waals surface area contributed by atoms with Crippen molar-refractivity contribution in [2.75, 3.05) is 27.3 Å². The second-order valence-electron chi connectivity index (χ2n) is 7.54. The van der Waals surface area contributed by atoms with Crippen LogP contribution in [0.5, 0.6) is 0 Å². The Balaban J connectivity index is 1.75.